The number of ether oxygens (including phenoxy) is 2. The lowest BCUT2D eigenvalue weighted by atomic mass is 9.22. The number of carbonyl (C=O) groups excluding carboxylic acids is 1. The highest BCUT2D eigenvalue weighted by Gasteiger charge is 2.82. The third-order valence-corrected chi connectivity index (χ3v) is 21.3. The van der Waals surface area contributed by atoms with Crippen LogP contribution < -0.4 is 11.1 Å². The van der Waals surface area contributed by atoms with Crippen molar-refractivity contribution in [1.29, 1.82) is 0 Å². The van der Waals surface area contributed by atoms with E-state index >= 15 is 0 Å². The maximum absolute atomic E-state index is 13.9. The Labute approximate surface area is 382 Å². The average molecular weight is 907 g/mol. The fourth-order valence-electron chi connectivity index (χ4n) is 18.2. The molecule has 7 fully saturated rings. The minimum absolute atomic E-state index is 0.00664. The summed E-state index contributed by atoms with van der Waals surface area (Å²) in [5.41, 5.74) is 5.32. The Kier molecular flexibility index (Phi) is 11.1. The molecule has 2 aliphatic heterocycles. The predicted molar refractivity (Wildman–Crippen MR) is 236 cm³/mol. The SMILES string of the molecule is C[C@]1(CO)CC[C@]2(C(=O)O)CC[C@@]34CCC5=C[C@H]([C@H]6CC(=O)N[C@@H]6[C@H](CCCN)c6cnc[nH]6)[C@H]6[C@@H](O)[C@@H](O[C@@H]7OC[C@@H](O)[C@H](O)[C@H]7O)[C@@](C)(CO)[C@H]7CC[C@]3(C)[C@]5(CC=C4[C@@H]2C1)[C@@]67C. The number of hydrogen-bond acceptors (Lipinski definition) is 12. The molecule has 2 saturated heterocycles. The number of H-pyrrole nitrogens is 1. The van der Waals surface area contributed by atoms with Crippen LogP contribution in [0.3, 0.4) is 0 Å². The molecule has 10 rings (SSSR count). The highest BCUT2D eigenvalue weighted by molar-refractivity contribution is 5.79. The molecule has 11 N–H and O–H groups in total. The van der Waals surface area contributed by atoms with Crippen LogP contribution in [-0.4, -0.2) is 127 Å². The van der Waals surface area contributed by atoms with Gasteiger partial charge >= 0.3 is 5.97 Å². The monoisotopic (exact) mass is 907 g/mol. The molecule has 65 heavy (non-hydrogen) atoms. The number of aliphatic carboxylic acids is 1. The fraction of sp³-hybridized carbons (Fsp3) is 0.820. The molecule has 2 bridgehead atoms. The van der Waals surface area contributed by atoms with Gasteiger partial charge in [0, 0.05) is 53.6 Å². The molecule has 1 aromatic heterocycles. The Morgan fingerprint density at radius 3 is 2.48 bits per heavy atom. The number of hydrogen-bond donors (Lipinski definition) is 10. The van der Waals surface area contributed by atoms with Crippen molar-refractivity contribution in [2.45, 2.75) is 160 Å². The van der Waals surface area contributed by atoms with Crippen LogP contribution in [0.2, 0.25) is 0 Å². The molecule has 0 aromatic carbocycles. The molecule has 2 spiro atoms. The molecule has 3 heterocycles. The summed E-state index contributed by atoms with van der Waals surface area (Å²) in [6.45, 7) is 8.76. The summed E-state index contributed by atoms with van der Waals surface area (Å²) >= 11 is 0. The van der Waals surface area contributed by atoms with Gasteiger partial charge in [0.2, 0.25) is 5.91 Å². The van der Waals surface area contributed by atoms with E-state index in [1.165, 1.54) is 11.1 Å². The van der Waals surface area contributed by atoms with Crippen molar-refractivity contribution in [3.8, 4) is 0 Å². The smallest absolute Gasteiger partial charge is 0.310 e. The zero-order chi connectivity index (χ0) is 46.3. The Bertz CT molecular complexity index is 2100. The first-order valence-electron chi connectivity index (χ1n) is 24.7. The van der Waals surface area contributed by atoms with Crippen molar-refractivity contribution < 1.29 is 54.8 Å². The molecule has 20 atom stereocenters. The van der Waals surface area contributed by atoms with Gasteiger partial charge in [0.15, 0.2) is 6.29 Å². The van der Waals surface area contributed by atoms with Gasteiger partial charge in [-0.05, 0) is 129 Å². The van der Waals surface area contributed by atoms with Crippen molar-refractivity contribution in [2.75, 3.05) is 26.4 Å². The summed E-state index contributed by atoms with van der Waals surface area (Å²) in [5.74, 6) is -2.49. The number of nitrogens with zero attached hydrogens (tertiary/aromatic N) is 1. The molecular formula is C50H74N4O11. The summed E-state index contributed by atoms with van der Waals surface area (Å²) in [7, 11) is 0. The molecule has 0 radical (unpaired) electrons. The van der Waals surface area contributed by atoms with Gasteiger partial charge in [-0.1, -0.05) is 51.0 Å². The number of allylic oxidation sites excluding steroid dienone is 4. The molecule has 1 amide bonds. The summed E-state index contributed by atoms with van der Waals surface area (Å²) < 4.78 is 12.6. The molecule has 15 nitrogen and oxygen atoms in total. The van der Waals surface area contributed by atoms with Gasteiger partial charge in [-0.2, -0.15) is 0 Å². The number of aliphatic hydroxyl groups is 6. The van der Waals surface area contributed by atoms with E-state index in [0.29, 0.717) is 51.5 Å². The van der Waals surface area contributed by atoms with Crippen LogP contribution in [-0.2, 0) is 19.1 Å². The number of nitrogens with one attached hydrogen (secondary N) is 2. The van der Waals surface area contributed by atoms with Gasteiger partial charge in [0.1, 0.15) is 18.3 Å². The number of fused-ring (bicyclic) bond motifs is 2. The van der Waals surface area contributed by atoms with Crippen LogP contribution in [0.25, 0.3) is 0 Å². The zero-order valence-electron chi connectivity index (χ0n) is 38.6. The highest BCUT2D eigenvalue weighted by atomic mass is 16.7. The Morgan fingerprint density at radius 2 is 1.78 bits per heavy atom. The van der Waals surface area contributed by atoms with E-state index in [0.717, 1.165) is 37.8 Å². The maximum atomic E-state index is 13.9. The summed E-state index contributed by atoms with van der Waals surface area (Å²) in [4.78, 5) is 35.2. The molecule has 5 saturated carbocycles. The number of nitrogens with two attached hydrogens (primary N) is 1. The Hall–Kier alpha value is -2.73. The normalized spacial score (nSPS) is 51.4. The van der Waals surface area contributed by atoms with Crippen LogP contribution in [0.4, 0.5) is 0 Å². The molecule has 0 unspecified atom stereocenters. The van der Waals surface area contributed by atoms with Gasteiger partial charge in [-0.25, -0.2) is 4.98 Å². The fourth-order valence-corrected chi connectivity index (χ4v) is 18.2. The number of aliphatic hydroxyl groups excluding tert-OH is 6. The lowest BCUT2D eigenvalue weighted by Gasteiger charge is -2.82. The van der Waals surface area contributed by atoms with Gasteiger partial charge in [0.25, 0.3) is 0 Å². The number of imidazole rings is 1. The van der Waals surface area contributed by atoms with E-state index in [1.54, 1.807) is 6.33 Å². The minimum Gasteiger partial charge on any atom is -0.481 e. The van der Waals surface area contributed by atoms with E-state index in [-0.39, 0.29) is 84.0 Å². The molecule has 360 valence electrons. The largest absolute Gasteiger partial charge is 0.481 e. The van der Waals surface area contributed by atoms with Crippen LogP contribution >= 0.6 is 0 Å². The van der Waals surface area contributed by atoms with Gasteiger partial charge in [-0.3, -0.25) is 9.59 Å². The molecule has 9 aliphatic rings. The van der Waals surface area contributed by atoms with Gasteiger partial charge in [0.05, 0.1) is 37.2 Å². The number of rotatable bonds is 11. The van der Waals surface area contributed by atoms with E-state index in [4.69, 9.17) is 15.2 Å². The van der Waals surface area contributed by atoms with E-state index in [2.05, 4.69) is 48.2 Å². The predicted octanol–water partition coefficient (Wildman–Crippen LogP) is 3.29. The van der Waals surface area contributed by atoms with E-state index in [1.807, 2.05) is 13.1 Å². The van der Waals surface area contributed by atoms with Crippen LogP contribution in [0, 0.1) is 67.5 Å². The topological polar surface area (TPSA) is 261 Å². The number of aromatic nitrogens is 2. The number of amides is 1. The summed E-state index contributed by atoms with van der Waals surface area (Å²) in [5, 5.41) is 83.1. The Morgan fingerprint density at radius 1 is 1.02 bits per heavy atom. The molecular weight excluding hydrogens is 833 g/mol. The second kappa shape index (κ2) is 15.6. The first kappa shape index (κ1) is 46.0. The summed E-state index contributed by atoms with van der Waals surface area (Å²) in [6.07, 6.45) is 8.72. The van der Waals surface area contributed by atoms with Crippen LogP contribution in [0.15, 0.2) is 35.8 Å². The minimum atomic E-state index is -1.61. The van der Waals surface area contributed by atoms with Crippen LogP contribution in [0.1, 0.15) is 123 Å². The second-order valence-corrected chi connectivity index (χ2v) is 23.5. The van der Waals surface area contributed by atoms with Crippen molar-refractivity contribution in [3.63, 3.8) is 0 Å². The second-order valence-electron chi connectivity index (χ2n) is 23.5. The third kappa shape index (κ3) is 5.88. The maximum Gasteiger partial charge on any atom is 0.310 e. The summed E-state index contributed by atoms with van der Waals surface area (Å²) in [6, 6.07) is -0.317. The van der Waals surface area contributed by atoms with Gasteiger partial charge < -0.3 is 61.3 Å². The lowest BCUT2D eigenvalue weighted by molar-refractivity contribution is -0.357. The first-order valence-corrected chi connectivity index (χ1v) is 24.7. The van der Waals surface area contributed by atoms with Crippen molar-refractivity contribution >= 4 is 11.9 Å². The quantitative estimate of drug-likeness (QED) is 0.113. The van der Waals surface area contributed by atoms with E-state index < -0.39 is 70.4 Å². The number of aromatic amines is 1. The average Bonchev–Trinajstić information content (AvgIpc) is 3.95. The van der Waals surface area contributed by atoms with Crippen LogP contribution in [0.5, 0.6) is 0 Å². The van der Waals surface area contributed by atoms with Crippen molar-refractivity contribution in [2.24, 2.45) is 73.2 Å². The van der Waals surface area contributed by atoms with Gasteiger partial charge in [-0.15, -0.1) is 0 Å². The molecule has 1 aromatic rings. The lowest BCUT2D eigenvalue weighted by Crippen LogP contribution is -2.79. The first-order chi connectivity index (χ1) is 30.9. The van der Waals surface area contributed by atoms with Crippen molar-refractivity contribution in [3.05, 3.63) is 41.5 Å². The third-order valence-electron chi connectivity index (χ3n) is 21.3. The standard InChI is InChI=1S/C50H74N4O11/c1-44(23-55)13-14-48(43(62)63)15-16-49-11-7-26-18-28(29-19-35(58)54-37(29)27(6-5-17-51)32-21-52-25-53-32)36-39(60)41(65-42-40(61)38(59)33(57)22-64-42)45(2,24-56)34-9-10-46(49,3)50(26,47(34,36)4)12-8-30(49)31(48)20-44/h8,18,21,25,27-29,31,33-34,36-42,55-57,59-61H,5-7,9-17,19-20,22-24,51H2,1-4H3,(H,52,53)(H,54,58)(H,62,63)/t27-,28-,29-,31+,33-,34-,36+,37-,38+,39-,40-,41-,42+,44+,45+,46+,47-,48+,49-,50-/m1/s1. The highest BCUT2D eigenvalue weighted by Crippen LogP contribution is 2.87. The van der Waals surface area contributed by atoms with Crippen molar-refractivity contribution in [1.82, 2.24) is 15.3 Å². The number of carboxylic acids is 1. The molecule has 7 aliphatic carbocycles. The number of carboxylic acid groups (broad SMARTS) is 1. The molecule has 15 heteroatoms. The zero-order valence-corrected chi connectivity index (χ0v) is 38.6. The van der Waals surface area contributed by atoms with E-state index in [9.17, 15) is 45.3 Å². The number of carbonyl (C=O) groups is 2. The Balaban J connectivity index is 1.17.